The van der Waals surface area contributed by atoms with E-state index in [-0.39, 0.29) is 28.6 Å². The zero-order valence-electron chi connectivity index (χ0n) is 19.3. The number of aromatic hydroxyl groups is 1. The Kier molecular flexibility index (Phi) is 5.42. The van der Waals surface area contributed by atoms with Crippen molar-refractivity contribution >= 4 is 21.2 Å². The second-order valence-corrected chi connectivity index (χ2v) is 11.6. The number of hydrogen-bond donors (Lipinski definition) is 3. The largest absolute Gasteiger partial charge is 0.506 e. The number of rotatable bonds is 4. The van der Waals surface area contributed by atoms with Gasteiger partial charge in [-0.25, -0.2) is 12.8 Å². The maximum absolute atomic E-state index is 15.6. The van der Waals surface area contributed by atoms with Crippen LogP contribution in [0.25, 0.3) is 0 Å². The van der Waals surface area contributed by atoms with Crippen molar-refractivity contribution in [3.63, 3.8) is 0 Å². The van der Waals surface area contributed by atoms with Gasteiger partial charge in [-0.1, -0.05) is 36.4 Å². The Morgan fingerprint density at radius 3 is 2.61 bits per heavy atom. The highest BCUT2D eigenvalue weighted by atomic mass is 32.2. The summed E-state index contributed by atoms with van der Waals surface area (Å²) < 4.78 is 53.9. The van der Waals surface area contributed by atoms with Crippen LogP contribution in [0, 0.1) is 11.2 Å². The Morgan fingerprint density at radius 2 is 1.89 bits per heavy atom. The minimum Gasteiger partial charge on any atom is -0.506 e. The van der Waals surface area contributed by atoms with Crippen LogP contribution in [-0.4, -0.2) is 32.5 Å². The summed E-state index contributed by atoms with van der Waals surface area (Å²) in [5, 5.41) is 16.9. The van der Waals surface area contributed by atoms with Gasteiger partial charge < -0.3 is 25.2 Å². The molecule has 3 heterocycles. The van der Waals surface area contributed by atoms with Gasteiger partial charge >= 0.3 is 0 Å². The first-order valence-electron chi connectivity index (χ1n) is 11.7. The van der Waals surface area contributed by atoms with Gasteiger partial charge in [0.25, 0.3) is 0 Å². The molecule has 1 unspecified atom stereocenters. The van der Waals surface area contributed by atoms with E-state index in [2.05, 4.69) is 10.6 Å². The van der Waals surface area contributed by atoms with E-state index in [4.69, 9.17) is 9.47 Å². The summed E-state index contributed by atoms with van der Waals surface area (Å²) >= 11 is 0. The fourth-order valence-electron chi connectivity index (χ4n) is 5.17. The molecule has 1 atom stereocenters. The van der Waals surface area contributed by atoms with E-state index in [0.717, 1.165) is 5.56 Å². The molecule has 1 fully saturated rings. The van der Waals surface area contributed by atoms with Crippen LogP contribution in [0.3, 0.4) is 0 Å². The Balaban J connectivity index is 1.40. The Hall–Kier alpha value is -3.56. The molecule has 0 bridgehead atoms. The van der Waals surface area contributed by atoms with Crippen LogP contribution in [0.1, 0.15) is 23.6 Å². The van der Waals surface area contributed by atoms with Crippen molar-refractivity contribution in [2.24, 2.45) is 5.41 Å². The molecule has 1 saturated heterocycles. The second-order valence-electron chi connectivity index (χ2n) is 9.63. The Labute approximate surface area is 208 Å². The van der Waals surface area contributed by atoms with Crippen molar-refractivity contribution < 1.29 is 27.4 Å². The number of phenolic OH excluding ortho intramolecular Hbond substituents is 1. The molecule has 3 N–H and O–H groups in total. The van der Waals surface area contributed by atoms with Crippen molar-refractivity contribution in [3.8, 4) is 11.5 Å². The predicted octanol–water partition coefficient (Wildman–Crippen LogP) is 4.74. The normalized spacial score (nSPS) is 21.3. The van der Waals surface area contributed by atoms with Gasteiger partial charge in [-0.2, -0.15) is 0 Å². The maximum Gasteiger partial charge on any atom is 0.179 e. The van der Waals surface area contributed by atoms with Crippen molar-refractivity contribution in [3.05, 3.63) is 94.3 Å². The fraction of sp³-hybridized carbons (Fsp3) is 0.259. The molecule has 186 valence electrons. The lowest BCUT2D eigenvalue weighted by Gasteiger charge is -2.45. The molecule has 0 saturated carbocycles. The number of ether oxygens (including phenoxy) is 2. The SMILES string of the molecule is O=S1(=O)CC2(COC2)CC2=C1C(c1ccc(OCc3ccccc3)cc1F)Nc1cccc(O)c1N2. The smallest absolute Gasteiger partial charge is 0.179 e. The first-order valence-corrected chi connectivity index (χ1v) is 13.3. The molecule has 6 rings (SSSR count). The molecule has 0 aromatic heterocycles. The molecule has 3 aliphatic rings. The zero-order valence-corrected chi connectivity index (χ0v) is 20.1. The number of hydrogen-bond acceptors (Lipinski definition) is 7. The van der Waals surface area contributed by atoms with Crippen LogP contribution in [0.2, 0.25) is 0 Å². The average Bonchev–Trinajstić information content (AvgIpc) is 3.00. The summed E-state index contributed by atoms with van der Waals surface area (Å²) in [6.45, 7) is 0.974. The minimum absolute atomic E-state index is 0.0282. The molecule has 9 heteroatoms. The summed E-state index contributed by atoms with van der Waals surface area (Å²) in [4.78, 5) is 0.0903. The number of allylic oxidation sites excluding steroid dienone is 1. The number of para-hydroxylation sites is 1. The van der Waals surface area contributed by atoms with Gasteiger partial charge in [-0.05, 0) is 36.2 Å². The fourth-order valence-corrected chi connectivity index (χ4v) is 7.45. The Bertz CT molecular complexity index is 1470. The number of benzene rings is 3. The molecule has 3 aromatic rings. The highest BCUT2D eigenvalue weighted by Crippen LogP contribution is 2.50. The number of sulfone groups is 1. The minimum atomic E-state index is -3.78. The molecule has 0 amide bonds. The highest BCUT2D eigenvalue weighted by Gasteiger charge is 2.51. The summed E-state index contributed by atoms with van der Waals surface area (Å²) in [6, 6.07) is 17.9. The van der Waals surface area contributed by atoms with Crippen molar-refractivity contribution in [1.82, 2.24) is 0 Å². The molecule has 3 aromatic carbocycles. The zero-order chi connectivity index (χ0) is 24.9. The third kappa shape index (κ3) is 3.98. The van der Waals surface area contributed by atoms with Crippen LogP contribution in [0.15, 0.2) is 77.3 Å². The van der Waals surface area contributed by atoms with Gasteiger partial charge in [-0.3, -0.25) is 0 Å². The summed E-state index contributed by atoms with van der Waals surface area (Å²) in [6.07, 6.45) is 0.424. The lowest BCUT2D eigenvalue weighted by atomic mass is 9.82. The van der Waals surface area contributed by atoms with Crippen LogP contribution >= 0.6 is 0 Å². The van der Waals surface area contributed by atoms with E-state index in [1.807, 2.05) is 30.3 Å². The number of halogens is 1. The summed E-state index contributed by atoms with van der Waals surface area (Å²) in [5.74, 6) is -0.340. The first-order chi connectivity index (χ1) is 17.3. The van der Waals surface area contributed by atoms with Crippen molar-refractivity contribution in [2.75, 3.05) is 29.6 Å². The molecular weight excluding hydrogens is 483 g/mol. The van der Waals surface area contributed by atoms with Crippen molar-refractivity contribution in [2.45, 2.75) is 19.1 Å². The standard InChI is InChI=1S/C27H25FN2O5S/c28-20-11-18(35-13-17-5-2-1-3-6-17)9-10-19(20)24-26-22(12-27(14-34-15-27)16-36(26,32)33)30-25-21(29-24)7-4-8-23(25)31/h1-11,24,29-31H,12-16H2. The molecule has 3 aliphatic heterocycles. The summed E-state index contributed by atoms with van der Waals surface area (Å²) in [5.41, 5.74) is 1.91. The molecule has 0 aliphatic carbocycles. The maximum atomic E-state index is 15.6. The Morgan fingerprint density at radius 1 is 1.08 bits per heavy atom. The topological polar surface area (TPSA) is 96.9 Å². The van der Waals surface area contributed by atoms with Gasteiger partial charge in [0.05, 0.1) is 35.6 Å². The summed E-state index contributed by atoms with van der Waals surface area (Å²) in [7, 11) is -3.78. The van der Waals surface area contributed by atoms with Gasteiger partial charge in [0.1, 0.15) is 29.6 Å². The van der Waals surface area contributed by atoms with Gasteiger partial charge in [0, 0.05) is 22.7 Å². The van der Waals surface area contributed by atoms with E-state index >= 15 is 4.39 Å². The van der Waals surface area contributed by atoms with E-state index in [9.17, 15) is 13.5 Å². The molecule has 0 radical (unpaired) electrons. The van der Waals surface area contributed by atoms with E-state index in [1.54, 1.807) is 24.3 Å². The van der Waals surface area contributed by atoms with Crippen LogP contribution in [0.4, 0.5) is 15.8 Å². The molecular formula is C27H25FN2O5S. The molecule has 7 nitrogen and oxygen atoms in total. The van der Waals surface area contributed by atoms with Gasteiger partial charge in [0.15, 0.2) is 9.84 Å². The number of phenols is 1. The quantitative estimate of drug-likeness (QED) is 0.438. The lowest BCUT2D eigenvalue weighted by molar-refractivity contribution is -0.0986. The second kappa shape index (κ2) is 8.53. The third-order valence-electron chi connectivity index (χ3n) is 6.91. The highest BCUT2D eigenvalue weighted by molar-refractivity contribution is 7.95. The van der Waals surface area contributed by atoms with Crippen molar-refractivity contribution in [1.29, 1.82) is 0 Å². The first kappa shape index (κ1) is 22.9. The monoisotopic (exact) mass is 508 g/mol. The molecule has 36 heavy (non-hydrogen) atoms. The van der Waals surface area contributed by atoms with E-state index in [1.165, 1.54) is 12.1 Å². The van der Waals surface area contributed by atoms with E-state index in [0.29, 0.717) is 42.5 Å². The van der Waals surface area contributed by atoms with Crippen LogP contribution in [0.5, 0.6) is 11.5 Å². The third-order valence-corrected chi connectivity index (χ3v) is 9.05. The van der Waals surface area contributed by atoms with Crippen LogP contribution in [-0.2, 0) is 21.2 Å². The molecule has 1 spiro atoms. The van der Waals surface area contributed by atoms with Gasteiger partial charge in [-0.15, -0.1) is 0 Å². The predicted molar refractivity (Wildman–Crippen MR) is 134 cm³/mol. The average molecular weight is 509 g/mol. The number of fused-ring (bicyclic) bond motifs is 1. The lowest BCUT2D eigenvalue weighted by Crippen LogP contribution is -2.51. The number of anilines is 2. The van der Waals surface area contributed by atoms with E-state index < -0.39 is 27.1 Å². The number of nitrogens with one attached hydrogen (secondary N) is 2. The van der Waals surface area contributed by atoms with Crippen LogP contribution < -0.4 is 15.4 Å². The van der Waals surface area contributed by atoms with Gasteiger partial charge in [0.2, 0.25) is 0 Å².